The third kappa shape index (κ3) is 5.13. The Morgan fingerprint density at radius 3 is 2.62 bits per heavy atom. The summed E-state index contributed by atoms with van der Waals surface area (Å²) in [4.78, 5) is 25.7. The average molecular weight is 354 g/mol. The van der Waals surface area contributed by atoms with Crippen LogP contribution >= 0.6 is 11.6 Å². The van der Waals surface area contributed by atoms with Crippen molar-refractivity contribution in [1.82, 2.24) is 4.90 Å². The van der Waals surface area contributed by atoms with Gasteiger partial charge in [0.15, 0.2) is 5.78 Å². The Morgan fingerprint density at radius 1 is 1.33 bits per heavy atom. The van der Waals surface area contributed by atoms with Gasteiger partial charge in [-0.25, -0.2) is 4.79 Å². The Morgan fingerprint density at radius 2 is 2.04 bits per heavy atom. The SMILES string of the molecule is CC(=O)C1CC(COc2cccc(Cl)c2)CN1C(=O)OC(C)(C)C. The van der Waals surface area contributed by atoms with Gasteiger partial charge in [0, 0.05) is 17.5 Å². The van der Waals surface area contributed by atoms with Gasteiger partial charge in [-0.05, 0) is 52.3 Å². The molecule has 0 bridgehead atoms. The fourth-order valence-corrected chi connectivity index (χ4v) is 2.90. The van der Waals surface area contributed by atoms with Crippen molar-refractivity contribution >= 4 is 23.5 Å². The van der Waals surface area contributed by atoms with Gasteiger partial charge in [0.1, 0.15) is 11.4 Å². The summed E-state index contributed by atoms with van der Waals surface area (Å²) in [6.45, 7) is 7.79. The van der Waals surface area contributed by atoms with Crippen LogP contribution in [0.1, 0.15) is 34.1 Å². The van der Waals surface area contributed by atoms with E-state index < -0.39 is 17.7 Å². The lowest BCUT2D eigenvalue weighted by Crippen LogP contribution is -2.42. The highest BCUT2D eigenvalue weighted by molar-refractivity contribution is 6.30. The number of benzene rings is 1. The van der Waals surface area contributed by atoms with Gasteiger partial charge in [0.2, 0.25) is 0 Å². The van der Waals surface area contributed by atoms with Crippen molar-refractivity contribution in [3.05, 3.63) is 29.3 Å². The van der Waals surface area contributed by atoms with Gasteiger partial charge in [-0.3, -0.25) is 9.69 Å². The first kappa shape index (κ1) is 18.6. The zero-order valence-electron chi connectivity index (χ0n) is 14.5. The van der Waals surface area contributed by atoms with Crippen LogP contribution in [0.3, 0.4) is 0 Å². The molecule has 2 rings (SSSR count). The number of rotatable bonds is 4. The van der Waals surface area contributed by atoms with E-state index in [2.05, 4.69) is 0 Å². The lowest BCUT2D eigenvalue weighted by Gasteiger charge is -2.27. The van der Waals surface area contributed by atoms with Gasteiger partial charge < -0.3 is 9.47 Å². The number of amides is 1. The molecule has 2 atom stereocenters. The van der Waals surface area contributed by atoms with Crippen molar-refractivity contribution < 1.29 is 19.1 Å². The highest BCUT2D eigenvalue weighted by atomic mass is 35.5. The van der Waals surface area contributed by atoms with Crippen LogP contribution in [0.25, 0.3) is 0 Å². The number of carbonyl (C=O) groups excluding carboxylic acids is 2. The molecular formula is C18H24ClNO4. The number of nitrogens with zero attached hydrogens (tertiary/aromatic N) is 1. The molecule has 1 fully saturated rings. The highest BCUT2D eigenvalue weighted by Crippen LogP contribution is 2.27. The summed E-state index contributed by atoms with van der Waals surface area (Å²) in [5.41, 5.74) is -0.589. The fraction of sp³-hybridized carbons (Fsp3) is 0.556. The summed E-state index contributed by atoms with van der Waals surface area (Å²) in [6.07, 6.45) is 0.128. The third-order valence-corrected chi connectivity index (χ3v) is 4.00. The molecule has 1 amide bonds. The van der Waals surface area contributed by atoms with Gasteiger partial charge in [-0.15, -0.1) is 0 Å². The van der Waals surface area contributed by atoms with Crippen molar-refractivity contribution in [2.75, 3.05) is 13.2 Å². The van der Waals surface area contributed by atoms with E-state index in [0.29, 0.717) is 30.3 Å². The maximum absolute atomic E-state index is 12.3. The van der Waals surface area contributed by atoms with Crippen LogP contribution in [0, 0.1) is 5.92 Å². The molecule has 1 aromatic carbocycles. The first-order valence-electron chi connectivity index (χ1n) is 8.04. The van der Waals surface area contributed by atoms with Crippen LogP contribution in [0.5, 0.6) is 5.75 Å². The summed E-state index contributed by atoms with van der Waals surface area (Å²) >= 11 is 5.94. The Hall–Kier alpha value is -1.75. The standard InChI is InChI=1S/C18H24ClNO4/c1-12(21)16-8-13(10-20(16)17(22)24-18(2,3)4)11-23-15-7-5-6-14(19)9-15/h5-7,9,13,16H,8,10-11H2,1-4H3. The van der Waals surface area contributed by atoms with Crippen LogP contribution in [-0.2, 0) is 9.53 Å². The molecule has 24 heavy (non-hydrogen) atoms. The molecule has 1 aromatic rings. The fourth-order valence-electron chi connectivity index (χ4n) is 2.72. The molecular weight excluding hydrogens is 330 g/mol. The lowest BCUT2D eigenvalue weighted by molar-refractivity contribution is -0.121. The van der Waals surface area contributed by atoms with E-state index in [9.17, 15) is 9.59 Å². The Labute approximate surface area is 147 Å². The number of halogens is 1. The van der Waals surface area contributed by atoms with Crippen LogP contribution in [0.15, 0.2) is 24.3 Å². The maximum atomic E-state index is 12.3. The summed E-state index contributed by atoms with van der Waals surface area (Å²) in [6, 6.07) is 6.71. The number of hydrogen-bond acceptors (Lipinski definition) is 4. The number of likely N-dealkylation sites (tertiary alicyclic amines) is 1. The van der Waals surface area contributed by atoms with Crippen molar-refractivity contribution in [3.63, 3.8) is 0 Å². The minimum absolute atomic E-state index is 0.0360. The van der Waals surface area contributed by atoms with Crippen LogP contribution in [0.2, 0.25) is 5.02 Å². The Balaban J connectivity index is 1.98. The van der Waals surface area contributed by atoms with E-state index in [4.69, 9.17) is 21.1 Å². The van der Waals surface area contributed by atoms with E-state index in [1.165, 1.54) is 11.8 Å². The zero-order valence-corrected chi connectivity index (χ0v) is 15.3. The minimum Gasteiger partial charge on any atom is -0.493 e. The summed E-state index contributed by atoms with van der Waals surface area (Å²) in [7, 11) is 0. The Bertz CT molecular complexity index is 611. The number of Topliss-reactive ketones (excluding diaryl/α,β-unsaturated/α-hetero) is 1. The first-order chi connectivity index (χ1) is 11.2. The van der Waals surface area contributed by atoms with E-state index in [1.54, 1.807) is 12.1 Å². The molecule has 0 aliphatic carbocycles. The van der Waals surface area contributed by atoms with Crippen molar-refractivity contribution in [2.24, 2.45) is 5.92 Å². The van der Waals surface area contributed by atoms with E-state index in [-0.39, 0.29) is 11.7 Å². The highest BCUT2D eigenvalue weighted by Gasteiger charge is 2.40. The third-order valence-electron chi connectivity index (χ3n) is 3.77. The average Bonchev–Trinajstić information content (AvgIpc) is 2.88. The second-order valence-electron chi connectivity index (χ2n) is 7.13. The van der Waals surface area contributed by atoms with E-state index in [0.717, 1.165) is 0 Å². The summed E-state index contributed by atoms with van der Waals surface area (Å²) in [5, 5.41) is 0.607. The monoisotopic (exact) mass is 353 g/mol. The summed E-state index contributed by atoms with van der Waals surface area (Å²) in [5.74, 6) is 0.717. The first-order valence-corrected chi connectivity index (χ1v) is 8.42. The lowest BCUT2D eigenvalue weighted by atomic mass is 10.0. The molecule has 5 nitrogen and oxygen atoms in total. The zero-order chi connectivity index (χ0) is 17.9. The minimum atomic E-state index is -0.589. The van der Waals surface area contributed by atoms with Crippen molar-refractivity contribution in [3.8, 4) is 5.75 Å². The molecule has 1 heterocycles. The second-order valence-corrected chi connectivity index (χ2v) is 7.57. The molecule has 6 heteroatoms. The molecule has 2 unspecified atom stereocenters. The van der Waals surface area contributed by atoms with Gasteiger partial charge in [0.25, 0.3) is 0 Å². The number of ether oxygens (including phenoxy) is 2. The molecule has 1 saturated heterocycles. The maximum Gasteiger partial charge on any atom is 0.410 e. The molecule has 0 spiro atoms. The predicted octanol–water partition coefficient (Wildman–Crippen LogP) is 3.93. The normalized spacial score (nSPS) is 20.8. The number of carbonyl (C=O) groups is 2. The van der Waals surface area contributed by atoms with E-state index >= 15 is 0 Å². The van der Waals surface area contributed by atoms with Crippen molar-refractivity contribution in [1.29, 1.82) is 0 Å². The topological polar surface area (TPSA) is 55.8 Å². The molecule has 1 aliphatic heterocycles. The van der Waals surface area contributed by atoms with Crippen LogP contribution in [0.4, 0.5) is 4.79 Å². The smallest absolute Gasteiger partial charge is 0.410 e. The molecule has 0 radical (unpaired) electrons. The second kappa shape index (κ2) is 7.43. The molecule has 132 valence electrons. The van der Waals surface area contributed by atoms with Crippen molar-refractivity contribution in [2.45, 2.75) is 45.8 Å². The van der Waals surface area contributed by atoms with Crippen LogP contribution < -0.4 is 4.74 Å². The quantitative estimate of drug-likeness (QED) is 0.822. The predicted molar refractivity (Wildman–Crippen MR) is 92.5 cm³/mol. The summed E-state index contributed by atoms with van der Waals surface area (Å²) < 4.78 is 11.2. The molecule has 0 aromatic heterocycles. The van der Waals surface area contributed by atoms with Gasteiger partial charge in [-0.2, -0.15) is 0 Å². The van der Waals surface area contributed by atoms with E-state index in [1.807, 2.05) is 32.9 Å². The number of hydrogen-bond donors (Lipinski definition) is 0. The largest absolute Gasteiger partial charge is 0.493 e. The number of ketones is 1. The molecule has 0 saturated carbocycles. The van der Waals surface area contributed by atoms with Gasteiger partial charge in [-0.1, -0.05) is 17.7 Å². The van der Waals surface area contributed by atoms with Gasteiger partial charge >= 0.3 is 6.09 Å². The Kier molecular flexibility index (Phi) is 5.75. The van der Waals surface area contributed by atoms with Gasteiger partial charge in [0.05, 0.1) is 12.6 Å². The molecule has 0 N–H and O–H groups in total. The molecule has 1 aliphatic rings. The van der Waals surface area contributed by atoms with Crippen LogP contribution in [-0.4, -0.2) is 41.6 Å².